The van der Waals surface area contributed by atoms with Gasteiger partial charge in [-0.1, -0.05) is 0 Å². The maximum absolute atomic E-state index is 12.8. The van der Waals surface area contributed by atoms with Crippen molar-refractivity contribution >= 4 is 44.8 Å². The molecule has 1 aromatic heterocycles. The van der Waals surface area contributed by atoms with E-state index in [0.717, 1.165) is 29.0 Å². The first-order valence-corrected chi connectivity index (χ1v) is 10.7. The summed E-state index contributed by atoms with van der Waals surface area (Å²) in [4.78, 5) is 29.7. The van der Waals surface area contributed by atoms with Crippen molar-refractivity contribution in [3.8, 4) is 6.07 Å². The Morgan fingerprint density at radius 2 is 1.89 bits per heavy atom. The predicted molar refractivity (Wildman–Crippen MR) is 114 cm³/mol. The van der Waals surface area contributed by atoms with Crippen LogP contribution in [0.25, 0.3) is 0 Å². The number of nitrogens with one attached hydrogen (secondary N) is 1. The first-order chi connectivity index (χ1) is 13.5. The molecule has 1 aliphatic heterocycles. The van der Waals surface area contributed by atoms with Gasteiger partial charge in [0.15, 0.2) is 0 Å². The summed E-state index contributed by atoms with van der Waals surface area (Å²) in [5, 5.41) is 11.7. The number of halogens is 1. The Morgan fingerprint density at radius 3 is 2.54 bits per heavy atom. The molecule has 0 spiro atoms. The fourth-order valence-electron chi connectivity index (χ4n) is 3.18. The SMILES string of the molecule is CC(NC(=O)c1ccc(Br)s1)C(=O)N1CCCN(c2ccc(C#N)cc2)CC1. The van der Waals surface area contributed by atoms with Crippen LogP contribution in [0.4, 0.5) is 5.69 Å². The standard InChI is InChI=1S/C20H21BrN4O2S/c1-14(23-19(26)17-7-8-18(21)28-17)20(27)25-10-2-9-24(11-12-25)16-5-3-15(13-22)4-6-16/h3-8,14H,2,9-12H2,1H3,(H,23,26). The molecule has 0 saturated carbocycles. The van der Waals surface area contributed by atoms with E-state index in [1.165, 1.54) is 11.3 Å². The quantitative estimate of drug-likeness (QED) is 0.759. The largest absolute Gasteiger partial charge is 0.370 e. The third-order valence-corrected chi connectivity index (χ3v) is 6.31. The molecular weight excluding hydrogens is 440 g/mol. The molecule has 1 N–H and O–H groups in total. The van der Waals surface area contributed by atoms with Crippen molar-refractivity contribution in [2.45, 2.75) is 19.4 Å². The highest BCUT2D eigenvalue weighted by atomic mass is 79.9. The van der Waals surface area contributed by atoms with Crippen LogP contribution >= 0.6 is 27.3 Å². The number of hydrogen-bond donors (Lipinski definition) is 1. The zero-order valence-electron chi connectivity index (χ0n) is 15.5. The highest BCUT2D eigenvalue weighted by Gasteiger charge is 2.25. The summed E-state index contributed by atoms with van der Waals surface area (Å²) in [5.41, 5.74) is 1.69. The number of nitriles is 1. The Hall–Kier alpha value is -2.37. The summed E-state index contributed by atoms with van der Waals surface area (Å²) >= 11 is 4.68. The molecule has 2 amide bonds. The van der Waals surface area contributed by atoms with Crippen LogP contribution in [-0.2, 0) is 4.79 Å². The molecule has 1 aliphatic rings. The summed E-state index contributed by atoms with van der Waals surface area (Å²) in [7, 11) is 0. The van der Waals surface area contributed by atoms with Crippen molar-refractivity contribution in [2.24, 2.45) is 0 Å². The number of thiophene rings is 1. The normalized spacial score (nSPS) is 15.5. The minimum Gasteiger partial charge on any atom is -0.370 e. The molecule has 0 bridgehead atoms. The van der Waals surface area contributed by atoms with E-state index in [2.05, 4.69) is 32.2 Å². The van der Waals surface area contributed by atoms with Crippen molar-refractivity contribution in [1.82, 2.24) is 10.2 Å². The number of hydrogen-bond acceptors (Lipinski definition) is 5. The average Bonchev–Trinajstić information content (AvgIpc) is 3.00. The average molecular weight is 461 g/mol. The first-order valence-electron chi connectivity index (χ1n) is 9.08. The van der Waals surface area contributed by atoms with E-state index in [4.69, 9.17) is 5.26 Å². The minimum absolute atomic E-state index is 0.0642. The van der Waals surface area contributed by atoms with E-state index in [0.29, 0.717) is 23.5 Å². The number of nitrogens with zero attached hydrogens (tertiary/aromatic N) is 3. The Kier molecular flexibility index (Phi) is 6.70. The minimum atomic E-state index is -0.574. The van der Waals surface area contributed by atoms with Crippen LogP contribution in [0.1, 0.15) is 28.6 Å². The second kappa shape index (κ2) is 9.22. The fourth-order valence-corrected chi connectivity index (χ4v) is 4.47. The number of amides is 2. The van der Waals surface area contributed by atoms with E-state index in [1.807, 2.05) is 35.2 Å². The van der Waals surface area contributed by atoms with Gasteiger partial charge in [0.1, 0.15) is 6.04 Å². The van der Waals surface area contributed by atoms with Crippen molar-refractivity contribution < 1.29 is 9.59 Å². The molecule has 28 heavy (non-hydrogen) atoms. The van der Waals surface area contributed by atoms with Crippen LogP contribution in [0.2, 0.25) is 0 Å². The molecule has 6 nitrogen and oxygen atoms in total. The van der Waals surface area contributed by atoms with Crippen LogP contribution in [-0.4, -0.2) is 48.9 Å². The third-order valence-electron chi connectivity index (χ3n) is 4.68. The van der Waals surface area contributed by atoms with Gasteiger partial charge in [-0.3, -0.25) is 9.59 Å². The third kappa shape index (κ3) is 4.91. The lowest BCUT2D eigenvalue weighted by Crippen LogP contribution is -2.47. The van der Waals surface area contributed by atoms with E-state index in [1.54, 1.807) is 13.0 Å². The van der Waals surface area contributed by atoms with Gasteiger partial charge >= 0.3 is 0 Å². The molecule has 0 radical (unpaired) electrons. The molecule has 3 rings (SSSR count). The van der Waals surface area contributed by atoms with Gasteiger partial charge in [-0.15, -0.1) is 11.3 Å². The zero-order chi connectivity index (χ0) is 20.1. The van der Waals surface area contributed by atoms with Crippen LogP contribution < -0.4 is 10.2 Å². The lowest BCUT2D eigenvalue weighted by atomic mass is 10.2. The number of benzene rings is 1. The lowest BCUT2D eigenvalue weighted by Gasteiger charge is -2.26. The van der Waals surface area contributed by atoms with Gasteiger partial charge in [0.05, 0.1) is 20.3 Å². The topological polar surface area (TPSA) is 76.4 Å². The Balaban J connectivity index is 1.57. The second-order valence-corrected chi connectivity index (χ2v) is 9.09. The molecule has 1 aromatic carbocycles. The lowest BCUT2D eigenvalue weighted by molar-refractivity contribution is -0.132. The van der Waals surface area contributed by atoms with Gasteiger partial charge in [-0.05, 0) is 65.7 Å². The fraction of sp³-hybridized carbons (Fsp3) is 0.350. The monoisotopic (exact) mass is 460 g/mol. The Morgan fingerprint density at radius 1 is 1.14 bits per heavy atom. The van der Waals surface area contributed by atoms with Gasteiger partial charge < -0.3 is 15.1 Å². The molecular formula is C20H21BrN4O2S. The van der Waals surface area contributed by atoms with Gasteiger partial charge in [0.25, 0.3) is 5.91 Å². The van der Waals surface area contributed by atoms with Gasteiger partial charge in [-0.2, -0.15) is 5.26 Å². The van der Waals surface area contributed by atoms with Crippen LogP contribution in [0, 0.1) is 11.3 Å². The maximum atomic E-state index is 12.8. The van der Waals surface area contributed by atoms with E-state index in [-0.39, 0.29) is 11.8 Å². The van der Waals surface area contributed by atoms with Gasteiger partial charge in [0, 0.05) is 31.9 Å². The first kappa shape index (κ1) is 20.4. The predicted octanol–water partition coefficient (Wildman–Crippen LogP) is 3.24. The van der Waals surface area contributed by atoms with Crippen molar-refractivity contribution in [3.63, 3.8) is 0 Å². The Labute approximate surface area is 176 Å². The number of anilines is 1. The molecule has 2 aromatic rings. The molecule has 0 aliphatic carbocycles. The van der Waals surface area contributed by atoms with E-state index < -0.39 is 6.04 Å². The maximum Gasteiger partial charge on any atom is 0.262 e. The summed E-state index contributed by atoms with van der Waals surface area (Å²) in [6, 6.07) is 12.6. The number of rotatable bonds is 4. The Bertz CT molecular complexity index is 890. The van der Waals surface area contributed by atoms with Gasteiger partial charge in [0.2, 0.25) is 5.91 Å². The molecule has 1 unspecified atom stereocenters. The van der Waals surface area contributed by atoms with Crippen LogP contribution in [0.15, 0.2) is 40.2 Å². The van der Waals surface area contributed by atoms with E-state index >= 15 is 0 Å². The van der Waals surface area contributed by atoms with Crippen molar-refractivity contribution in [2.75, 3.05) is 31.1 Å². The highest BCUT2D eigenvalue weighted by Crippen LogP contribution is 2.22. The molecule has 146 valence electrons. The van der Waals surface area contributed by atoms with Gasteiger partial charge in [-0.25, -0.2) is 0 Å². The summed E-state index contributed by atoms with van der Waals surface area (Å²) in [5.74, 6) is -0.295. The van der Waals surface area contributed by atoms with Crippen molar-refractivity contribution in [1.29, 1.82) is 5.26 Å². The molecule has 1 fully saturated rings. The van der Waals surface area contributed by atoms with Crippen LogP contribution in [0.3, 0.4) is 0 Å². The number of carbonyl (C=O) groups excluding carboxylic acids is 2. The summed E-state index contributed by atoms with van der Waals surface area (Å²) in [6.45, 7) is 4.56. The number of carbonyl (C=O) groups is 2. The highest BCUT2D eigenvalue weighted by molar-refractivity contribution is 9.11. The van der Waals surface area contributed by atoms with E-state index in [9.17, 15) is 9.59 Å². The summed E-state index contributed by atoms with van der Waals surface area (Å²) in [6.07, 6.45) is 0.851. The second-order valence-electron chi connectivity index (χ2n) is 6.62. The smallest absolute Gasteiger partial charge is 0.262 e. The molecule has 8 heteroatoms. The molecule has 2 heterocycles. The van der Waals surface area contributed by atoms with Crippen molar-refractivity contribution in [3.05, 3.63) is 50.6 Å². The zero-order valence-corrected chi connectivity index (χ0v) is 17.9. The molecule has 1 saturated heterocycles. The van der Waals surface area contributed by atoms with Crippen LogP contribution in [0.5, 0.6) is 0 Å². The molecule has 1 atom stereocenters. The summed E-state index contributed by atoms with van der Waals surface area (Å²) < 4.78 is 0.882.